The van der Waals surface area contributed by atoms with E-state index in [2.05, 4.69) is 37.0 Å². The lowest BCUT2D eigenvalue weighted by molar-refractivity contribution is 0.294. The Morgan fingerprint density at radius 2 is 1.82 bits per heavy atom. The topological polar surface area (TPSA) is 30.3 Å². The maximum absolute atomic E-state index is 9.00. The largest absolute Gasteiger partial charge is 0.309 e. The molecule has 0 aliphatic heterocycles. The molecular weight excluding hydrogens is 210 g/mol. The summed E-state index contributed by atoms with van der Waals surface area (Å²) < 4.78 is 0. The first-order valence-electron chi connectivity index (χ1n) is 5.94. The van der Waals surface area contributed by atoms with E-state index >= 15 is 0 Å². The Morgan fingerprint density at radius 3 is 2.47 bits per heavy atom. The Hall–Kier alpha value is -1.37. The Morgan fingerprint density at radius 1 is 1.12 bits per heavy atom. The lowest BCUT2D eigenvalue weighted by Crippen LogP contribution is -2.23. The molecule has 0 aliphatic rings. The quantitative estimate of drug-likeness (QED) is 0.749. The van der Waals surface area contributed by atoms with Crippen molar-refractivity contribution in [1.29, 1.82) is 5.26 Å². The number of benzene rings is 1. The van der Waals surface area contributed by atoms with Gasteiger partial charge < -0.3 is 9.80 Å². The molecule has 1 rings (SSSR count). The standard InChI is InChI=1S/C14H21N3/c1-16(2)9-6-10-17(3)12-14-8-5-4-7-13(14)11-15/h4-5,7-8H,6,9-10,12H2,1-3H3. The molecule has 1 aromatic rings. The van der Waals surface area contributed by atoms with Crippen LogP contribution < -0.4 is 0 Å². The van der Waals surface area contributed by atoms with Crippen LogP contribution in [0.5, 0.6) is 0 Å². The van der Waals surface area contributed by atoms with E-state index in [1.807, 2.05) is 24.3 Å². The summed E-state index contributed by atoms with van der Waals surface area (Å²) in [6.07, 6.45) is 1.15. The van der Waals surface area contributed by atoms with E-state index in [9.17, 15) is 0 Å². The molecule has 92 valence electrons. The van der Waals surface area contributed by atoms with E-state index < -0.39 is 0 Å². The van der Waals surface area contributed by atoms with Gasteiger partial charge in [0, 0.05) is 6.54 Å². The first kappa shape index (κ1) is 13.7. The maximum atomic E-state index is 9.00. The molecule has 0 heterocycles. The van der Waals surface area contributed by atoms with Gasteiger partial charge in [-0.25, -0.2) is 0 Å². The van der Waals surface area contributed by atoms with Crippen molar-refractivity contribution in [2.45, 2.75) is 13.0 Å². The van der Waals surface area contributed by atoms with Gasteiger partial charge in [-0.3, -0.25) is 0 Å². The highest BCUT2D eigenvalue weighted by atomic mass is 15.1. The zero-order valence-electron chi connectivity index (χ0n) is 11.0. The Labute approximate surface area is 104 Å². The summed E-state index contributed by atoms with van der Waals surface area (Å²) in [5.41, 5.74) is 1.90. The van der Waals surface area contributed by atoms with E-state index in [0.717, 1.165) is 37.2 Å². The summed E-state index contributed by atoms with van der Waals surface area (Å²) in [6, 6.07) is 10.0. The minimum Gasteiger partial charge on any atom is -0.309 e. The van der Waals surface area contributed by atoms with Crippen molar-refractivity contribution in [3.63, 3.8) is 0 Å². The molecule has 0 bridgehead atoms. The monoisotopic (exact) mass is 231 g/mol. The fourth-order valence-electron chi connectivity index (χ4n) is 1.79. The molecule has 0 N–H and O–H groups in total. The molecule has 3 nitrogen and oxygen atoms in total. The van der Waals surface area contributed by atoms with Crippen molar-refractivity contribution in [2.24, 2.45) is 0 Å². The highest BCUT2D eigenvalue weighted by Gasteiger charge is 2.04. The van der Waals surface area contributed by atoms with Crippen molar-refractivity contribution < 1.29 is 0 Å². The third-order valence-electron chi connectivity index (χ3n) is 2.72. The lowest BCUT2D eigenvalue weighted by Gasteiger charge is -2.18. The molecule has 3 heteroatoms. The Bertz CT molecular complexity index is 379. The SMILES string of the molecule is CN(C)CCCN(C)Cc1ccccc1C#N. The Kier molecular flexibility index (Phi) is 5.68. The smallest absolute Gasteiger partial charge is 0.0995 e. The zero-order valence-corrected chi connectivity index (χ0v) is 11.0. The minimum atomic E-state index is 0.784. The number of nitrogens with zero attached hydrogens (tertiary/aromatic N) is 3. The average Bonchev–Trinajstić information content (AvgIpc) is 2.29. The predicted octanol–water partition coefficient (Wildman–Crippen LogP) is 1.94. The molecule has 0 saturated carbocycles. The zero-order chi connectivity index (χ0) is 12.7. The highest BCUT2D eigenvalue weighted by Crippen LogP contribution is 2.09. The van der Waals surface area contributed by atoms with Gasteiger partial charge in [0.15, 0.2) is 0 Å². The molecule has 0 saturated heterocycles. The van der Waals surface area contributed by atoms with Gasteiger partial charge in [-0.2, -0.15) is 5.26 Å². The van der Waals surface area contributed by atoms with Gasteiger partial charge in [0.2, 0.25) is 0 Å². The summed E-state index contributed by atoms with van der Waals surface area (Å²) in [7, 11) is 6.28. The van der Waals surface area contributed by atoms with E-state index in [-0.39, 0.29) is 0 Å². The summed E-state index contributed by atoms with van der Waals surface area (Å²) in [5.74, 6) is 0. The second kappa shape index (κ2) is 7.05. The van der Waals surface area contributed by atoms with Crippen molar-refractivity contribution in [2.75, 3.05) is 34.2 Å². The van der Waals surface area contributed by atoms with Crippen molar-refractivity contribution in [3.8, 4) is 6.07 Å². The van der Waals surface area contributed by atoms with Crippen LogP contribution in [0.4, 0.5) is 0 Å². The van der Waals surface area contributed by atoms with Crippen LogP contribution in [0.2, 0.25) is 0 Å². The van der Waals surface area contributed by atoms with Gasteiger partial charge in [0.25, 0.3) is 0 Å². The normalized spacial score (nSPS) is 10.8. The van der Waals surface area contributed by atoms with Crippen LogP contribution in [0.1, 0.15) is 17.5 Å². The summed E-state index contributed by atoms with van der Waals surface area (Å²) in [5, 5.41) is 9.00. The van der Waals surface area contributed by atoms with E-state index in [1.165, 1.54) is 0 Å². The van der Waals surface area contributed by atoms with Crippen LogP contribution in [-0.4, -0.2) is 44.0 Å². The highest BCUT2D eigenvalue weighted by molar-refractivity contribution is 5.37. The number of nitriles is 1. The van der Waals surface area contributed by atoms with Crippen LogP contribution in [0.15, 0.2) is 24.3 Å². The summed E-state index contributed by atoms with van der Waals surface area (Å²) in [4.78, 5) is 4.46. The second-order valence-corrected chi connectivity index (χ2v) is 4.66. The lowest BCUT2D eigenvalue weighted by atomic mass is 10.1. The van der Waals surface area contributed by atoms with Gasteiger partial charge in [-0.15, -0.1) is 0 Å². The van der Waals surface area contributed by atoms with Crippen LogP contribution in [-0.2, 0) is 6.54 Å². The average molecular weight is 231 g/mol. The maximum Gasteiger partial charge on any atom is 0.0995 e. The van der Waals surface area contributed by atoms with Gasteiger partial charge in [0.05, 0.1) is 11.6 Å². The second-order valence-electron chi connectivity index (χ2n) is 4.66. The van der Waals surface area contributed by atoms with E-state index in [4.69, 9.17) is 5.26 Å². The van der Waals surface area contributed by atoms with Crippen LogP contribution in [0.25, 0.3) is 0 Å². The fourth-order valence-corrected chi connectivity index (χ4v) is 1.79. The first-order chi connectivity index (χ1) is 8.13. The molecule has 1 aromatic carbocycles. The molecule has 0 atom stereocenters. The van der Waals surface area contributed by atoms with Gasteiger partial charge >= 0.3 is 0 Å². The number of hydrogen-bond acceptors (Lipinski definition) is 3. The molecule has 0 amide bonds. The van der Waals surface area contributed by atoms with E-state index in [1.54, 1.807) is 0 Å². The molecule has 17 heavy (non-hydrogen) atoms. The molecule has 0 spiro atoms. The molecular formula is C14H21N3. The van der Waals surface area contributed by atoms with Crippen molar-refractivity contribution in [1.82, 2.24) is 9.80 Å². The Balaban J connectivity index is 2.45. The minimum absolute atomic E-state index is 0.784. The summed E-state index contributed by atoms with van der Waals surface area (Å²) in [6.45, 7) is 3.00. The molecule has 0 aliphatic carbocycles. The van der Waals surface area contributed by atoms with Crippen LogP contribution >= 0.6 is 0 Å². The van der Waals surface area contributed by atoms with Crippen molar-refractivity contribution in [3.05, 3.63) is 35.4 Å². The number of hydrogen-bond donors (Lipinski definition) is 0. The predicted molar refractivity (Wildman–Crippen MR) is 70.7 cm³/mol. The summed E-state index contributed by atoms with van der Waals surface area (Å²) >= 11 is 0. The molecule has 0 aromatic heterocycles. The van der Waals surface area contributed by atoms with Gasteiger partial charge in [-0.05, 0) is 52.3 Å². The van der Waals surface area contributed by atoms with Crippen LogP contribution in [0.3, 0.4) is 0 Å². The molecule has 0 fully saturated rings. The fraction of sp³-hybridized carbons (Fsp3) is 0.500. The van der Waals surface area contributed by atoms with Crippen molar-refractivity contribution >= 4 is 0 Å². The van der Waals surface area contributed by atoms with Crippen LogP contribution in [0, 0.1) is 11.3 Å². The molecule has 0 radical (unpaired) electrons. The molecule has 0 unspecified atom stereocenters. The van der Waals surface area contributed by atoms with E-state index in [0.29, 0.717) is 0 Å². The van der Waals surface area contributed by atoms with Gasteiger partial charge in [0.1, 0.15) is 0 Å². The van der Waals surface area contributed by atoms with Gasteiger partial charge in [-0.1, -0.05) is 18.2 Å². The first-order valence-corrected chi connectivity index (χ1v) is 5.94. The number of rotatable bonds is 6. The third-order valence-corrected chi connectivity index (χ3v) is 2.72. The third kappa shape index (κ3) is 4.99.